The minimum atomic E-state index is -0.278. The van der Waals surface area contributed by atoms with Gasteiger partial charge in [-0.15, -0.1) is 0 Å². The van der Waals surface area contributed by atoms with Crippen LogP contribution in [-0.4, -0.2) is 35.5 Å². The number of amides is 2. The maximum Gasteiger partial charge on any atom is 0.259 e. The van der Waals surface area contributed by atoms with E-state index < -0.39 is 0 Å². The molecule has 128 valence electrons. The molecule has 1 aliphatic rings. The van der Waals surface area contributed by atoms with Crippen LogP contribution in [0.2, 0.25) is 0 Å². The highest BCUT2D eigenvalue weighted by atomic mass is 16.2. The van der Waals surface area contributed by atoms with E-state index in [0.29, 0.717) is 18.7 Å². The Balaban J connectivity index is 1.75. The second-order valence-corrected chi connectivity index (χ2v) is 6.00. The maximum atomic E-state index is 12.2. The molecule has 3 rings (SSSR count). The average molecular weight is 335 g/mol. The number of benzene rings is 2. The molecule has 2 aromatic carbocycles. The summed E-state index contributed by atoms with van der Waals surface area (Å²) in [6, 6.07) is 19.4. The van der Waals surface area contributed by atoms with Crippen molar-refractivity contribution in [3.8, 4) is 0 Å². The predicted molar refractivity (Wildman–Crippen MR) is 97.1 cm³/mol. The van der Waals surface area contributed by atoms with Gasteiger partial charge in [0.05, 0.1) is 5.71 Å². The van der Waals surface area contributed by atoms with Crippen molar-refractivity contribution in [2.45, 2.75) is 19.3 Å². The minimum absolute atomic E-state index is 0.0386. The summed E-state index contributed by atoms with van der Waals surface area (Å²) in [6.45, 7) is 0.694. The zero-order valence-electron chi connectivity index (χ0n) is 14.0. The molecule has 5 nitrogen and oxygen atoms in total. The number of hydrogen-bond donors (Lipinski definition) is 1. The minimum Gasteiger partial charge on any atom is -0.333 e. The van der Waals surface area contributed by atoms with E-state index in [-0.39, 0.29) is 18.4 Å². The first kappa shape index (κ1) is 16.9. The summed E-state index contributed by atoms with van der Waals surface area (Å²) in [5.74, 6) is -0.240. The van der Waals surface area contributed by atoms with Gasteiger partial charge in [0.15, 0.2) is 0 Å². The van der Waals surface area contributed by atoms with Crippen molar-refractivity contribution in [2.24, 2.45) is 5.10 Å². The van der Waals surface area contributed by atoms with Crippen molar-refractivity contribution in [1.82, 2.24) is 10.3 Å². The Hall–Kier alpha value is -2.95. The summed E-state index contributed by atoms with van der Waals surface area (Å²) in [4.78, 5) is 25.6. The van der Waals surface area contributed by atoms with Gasteiger partial charge < -0.3 is 4.90 Å². The molecule has 2 amide bonds. The number of hydrogen-bond acceptors (Lipinski definition) is 3. The van der Waals surface area contributed by atoms with Crippen LogP contribution in [0, 0.1) is 0 Å². The third kappa shape index (κ3) is 4.53. The van der Waals surface area contributed by atoms with Crippen LogP contribution in [0.1, 0.15) is 30.4 Å². The molecule has 0 aliphatic carbocycles. The molecule has 5 heteroatoms. The Morgan fingerprint density at radius 3 is 2.12 bits per heavy atom. The van der Waals surface area contributed by atoms with E-state index >= 15 is 0 Å². The Bertz CT molecular complexity index is 716. The topological polar surface area (TPSA) is 61.8 Å². The number of hydrazone groups is 1. The van der Waals surface area contributed by atoms with Gasteiger partial charge in [-0.1, -0.05) is 60.7 Å². The van der Waals surface area contributed by atoms with Crippen LogP contribution in [0.25, 0.3) is 0 Å². The van der Waals surface area contributed by atoms with Crippen LogP contribution < -0.4 is 5.43 Å². The smallest absolute Gasteiger partial charge is 0.259 e. The molecule has 1 N–H and O–H groups in total. The lowest BCUT2D eigenvalue weighted by atomic mass is 10.0. The molecule has 0 saturated carbocycles. The van der Waals surface area contributed by atoms with Gasteiger partial charge in [0, 0.05) is 24.1 Å². The number of piperidine rings is 1. The molecule has 0 bridgehead atoms. The van der Waals surface area contributed by atoms with Crippen molar-refractivity contribution < 1.29 is 9.59 Å². The Labute approximate surface area is 147 Å². The fourth-order valence-corrected chi connectivity index (χ4v) is 2.84. The van der Waals surface area contributed by atoms with Gasteiger partial charge in [-0.25, -0.2) is 5.43 Å². The van der Waals surface area contributed by atoms with Gasteiger partial charge in [0.1, 0.15) is 6.54 Å². The molecular formula is C20H21N3O2. The lowest BCUT2D eigenvalue weighted by molar-refractivity contribution is -0.137. The standard InChI is InChI=1S/C20H21N3O2/c24-18(15-23-14-8-7-13-19(23)25)21-22-20(16-9-3-1-4-10-16)17-11-5-2-6-12-17/h1-6,9-12H,7-8,13-15H2,(H,21,24). The normalized spacial score (nSPS) is 14.1. The number of carbonyl (C=O) groups is 2. The molecule has 25 heavy (non-hydrogen) atoms. The molecule has 0 unspecified atom stereocenters. The van der Waals surface area contributed by atoms with Crippen molar-refractivity contribution >= 4 is 17.5 Å². The number of likely N-dealkylation sites (tertiary alicyclic amines) is 1. The summed E-state index contributed by atoms with van der Waals surface area (Å²) in [7, 11) is 0. The molecule has 1 aliphatic heterocycles. The predicted octanol–water partition coefficient (Wildman–Crippen LogP) is 2.57. The van der Waals surface area contributed by atoms with Crippen LogP contribution in [-0.2, 0) is 9.59 Å². The van der Waals surface area contributed by atoms with Crippen LogP contribution in [0.15, 0.2) is 65.8 Å². The van der Waals surface area contributed by atoms with Crippen molar-refractivity contribution in [3.05, 3.63) is 71.8 Å². The van der Waals surface area contributed by atoms with Gasteiger partial charge in [-0.2, -0.15) is 5.10 Å². The number of nitrogens with zero attached hydrogens (tertiary/aromatic N) is 2. The Kier molecular flexibility index (Phi) is 5.57. The highest BCUT2D eigenvalue weighted by molar-refractivity contribution is 6.13. The summed E-state index contributed by atoms with van der Waals surface area (Å²) in [5, 5.41) is 4.33. The average Bonchev–Trinajstić information content (AvgIpc) is 2.66. The van der Waals surface area contributed by atoms with Gasteiger partial charge in [0.2, 0.25) is 5.91 Å². The fourth-order valence-electron chi connectivity index (χ4n) is 2.84. The first-order valence-electron chi connectivity index (χ1n) is 8.49. The zero-order chi connectivity index (χ0) is 17.5. The molecule has 0 atom stereocenters. The second kappa shape index (κ2) is 8.24. The van der Waals surface area contributed by atoms with Crippen LogP contribution in [0.4, 0.5) is 0 Å². The molecule has 1 saturated heterocycles. The van der Waals surface area contributed by atoms with Crippen LogP contribution in [0.5, 0.6) is 0 Å². The summed E-state index contributed by atoms with van der Waals surface area (Å²) < 4.78 is 0. The first-order valence-corrected chi connectivity index (χ1v) is 8.49. The number of carbonyl (C=O) groups excluding carboxylic acids is 2. The molecule has 0 aromatic heterocycles. The molecule has 0 spiro atoms. The van der Waals surface area contributed by atoms with E-state index in [0.717, 1.165) is 24.0 Å². The quantitative estimate of drug-likeness (QED) is 0.674. The van der Waals surface area contributed by atoms with E-state index in [2.05, 4.69) is 10.5 Å². The Morgan fingerprint density at radius 2 is 1.56 bits per heavy atom. The van der Waals surface area contributed by atoms with Crippen molar-refractivity contribution in [3.63, 3.8) is 0 Å². The van der Waals surface area contributed by atoms with Gasteiger partial charge in [-0.05, 0) is 12.8 Å². The van der Waals surface area contributed by atoms with E-state index in [1.165, 1.54) is 0 Å². The third-order valence-electron chi connectivity index (χ3n) is 4.14. The van der Waals surface area contributed by atoms with Crippen LogP contribution >= 0.6 is 0 Å². The summed E-state index contributed by atoms with van der Waals surface area (Å²) in [5.41, 5.74) is 5.14. The van der Waals surface area contributed by atoms with E-state index in [9.17, 15) is 9.59 Å². The zero-order valence-corrected chi connectivity index (χ0v) is 14.0. The van der Waals surface area contributed by atoms with E-state index in [1.807, 2.05) is 60.7 Å². The number of rotatable bonds is 5. The monoisotopic (exact) mass is 335 g/mol. The van der Waals surface area contributed by atoms with Gasteiger partial charge >= 0.3 is 0 Å². The van der Waals surface area contributed by atoms with Crippen molar-refractivity contribution in [2.75, 3.05) is 13.1 Å². The molecule has 0 radical (unpaired) electrons. The number of nitrogens with one attached hydrogen (secondary N) is 1. The first-order chi connectivity index (χ1) is 12.2. The highest BCUT2D eigenvalue weighted by Crippen LogP contribution is 2.11. The lowest BCUT2D eigenvalue weighted by Crippen LogP contribution is -2.42. The van der Waals surface area contributed by atoms with Crippen LogP contribution in [0.3, 0.4) is 0 Å². The molecular weight excluding hydrogens is 314 g/mol. The highest BCUT2D eigenvalue weighted by Gasteiger charge is 2.20. The second-order valence-electron chi connectivity index (χ2n) is 6.00. The van der Waals surface area contributed by atoms with E-state index in [4.69, 9.17) is 0 Å². The molecule has 2 aromatic rings. The molecule has 1 heterocycles. The summed E-state index contributed by atoms with van der Waals surface area (Å²) >= 11 is 0. The lowest BCUT2D eigenvalue weighted by Gasteiger charge is -2.25. The van der Waals surface area contributed by atoms with E-state index in [1.54, 1.807) is 4.90 Å². The van der Waals surface area contributed by atoms with Crippen molar-refractivity contribution in [1.29, 1.82) is 0 Å². The largest absolute Gasteiger partial charge is 0.333 e. The SMILES string of the molecule is O=C(CN1CCCCC1=O)NN=C(c1ccccc1)c1ccccc1. The van der Waals surface area contributed by atoms with Gasteiger partial charge in [-0.3, -0.25) is 9.59 Å². The Morgan fingerprint density at radius 1 is 0.960 bits per heavy atom. The molecule has 1 fully saturated rings. The van der Waals surface area contributed by atoms with Gasteiger partial charge in [0.25, 0.3) is 5.91 Å². The fraction of sp³-hybridized carbons (Fsp3) is 0.250. The third-order valence-corrected chi connectivity index (χ3v) is 4.14. The maximum absolute atomic E-state index is 12.2. The summed E-state index contributed by atoms with van der Waals surface area (Å²) in [6.07, 6.45) is 2.37.